The van der Waals surface area contributed by atoms with Crippen LogP contribution in [0.15, 0.2) is 6.33 Å². The van der Waals surface area contributed by atoms with Gasteiger partial charge in [0, 0.05) is 0 Å². The summed E-state index contributed by atoms with van der Waals surface area (Å²) in [7, 11) is 0. The maximum Gasteiger partial charge on any atom is 0.306 e. The van der Waals surface area contributed by atoms with Crippen molar-refractivity contribution in [2.75, 3.05) is 18.1 Å². The zero-order valence-corrected chi connectivity index (χ0v) is 10.4. The molecule has 7 heteroatoms. The van der Waals surface area contributed by atoms with Crippen molar-refractivity contribution in [3.8, 4) is 0 Å². The Kier molecular flexibility index (Phi) is 2.22. The highest BCUT2D eigenvalue weighted by atomic mass is 35.5. The minimum absolute atomic E-state index is 0.277. The van der Waals surface area contributed by atoms with E-state index in [0.29, 0.717) is 12.1 Å². The van der Waals surface area contributed by atoms with Gasteiger partial charge >= 0.3 is 10.9 Å². The number of hydrogen-bond acceptors (Lipinski definition) is 4. The van der Waals surface area contributed by atoms with Crippen LogP contribution >= 0.6 is 11.6 Å². The highest BCUT2D eigenvalue weighted by Crippen LogP contribution is 2.35. The van der Waals surface area contributed by atoms with Crippen molar-refractivity contribution in [3.63, 3.8) is 0 Å². The molecule has 4 heterocycles. The van der Waals surface area contributed by atoms with Crippen LogP contribution in [0.5, 0.6) is 0 Å². The van der Waals surface area contributed by atoms with Gasteiger partial charge in [-0.2, -0.15) is 4.98 Å². The van der Waals surface area contributed by atoms with Gasteiger partial charge in [-0.3, -0.25) is 4.98 Å². The Morgan fingerprint density at radius 2 is 2.11 bits per heavy atom. The standard InChI is InChI=1S/C11H12ClN5O/c12-11-15-9-8(13-5-14-9)10(16-11)17-6-1-2-7(17)4-18-3-6/h5-7H,1-4H2,(H,13,14,15,16)/p+1. The summed E-state index contributed by atoms with van der Waals surface area (Å²) in [6, 6.07) is 0.808. The molecule has 0 amide bonds. The number of fused-ring (bicyclic) bond motifs is 3. The molecule has 0 spiro atoms. The van der Waals surface area contributed by atoms with Gasteiger partial charge in [-0.15, -0.1) is 0 Å². The first kappa shape index (κ1) is 10.5. The molecule has 2 fully saturated rings. The predicted octanol–water partition coefficient (Wildman–Crippen LogP) is 0.793. The molecule has 6 nitrogen and oxygen atoms in total. The second-order valence-corrected chi connectivity index (χ2v) is 5.14. The van der Waals surface area contributed by atoms with E-state index in [9.17, 15) is 0 Å². The lowest BCUT2D eigenvalue weighted by molar-refractivity contribution is -0.347. The summed E-state index contributed by atoms with van der Waals surface area (Å²) >= 11 is 6.00. The van der Waals surface area contributed by atoms with Crippen LogP contribution in [0.4, 0.5) is 5.82 Å². The van der Waals surface area contributed by atoms with E-state index < -0.39 is 0 Å². The third-order valence-electron chi connectivity index (χ3n) is 3.77. The third-order valence-corrected chi connectivity index (χ3v) is 3.94. The number of halogens is 1. The average molecular weight is 267 g/mol. The fraction of sp³-hybridized carbons (Fsp3) is 0.545. The SMILES string of the molecule is Clc1nc(N2C3CCC2COC3)c2[nH]c[nH+]c2n1. The van der Waals surface area contributed by atoms with Crippen molar-refractivity contribution in [1.29, 1.82) is 0 Å². The molecule has 2 aliphatic heterocycles. The molecule has 2 aromatic rings. The first-order valence-electron chi connectivity index (χ1n) is 6.11. The van der Waals surface area contributed by atoms with Crippen molar-refractivity contribution in [2.24, 2.45) is 0 Å². The number of nitrogens with one attached hydrogen (secondary N) is 2. The van der Waals surface area contributed by atoms with E-state index in [4.69, 9.17) is 16.3 Å². The molecule has 2 saturated heterocycles. The molecule has 2 N–H and O–H groups in total. The lowest BCUT2D eigenvalue weighted by Gasteiger charge is -2.35. The van der Waals surface area contributed by atoms with Crippen LogP contribution < -0.4 is 9.88 Å². The molecule has 0 aliphatic carbocycles. The number of imidazole rings is 1. The third kappa shape index (κ3) is 1.42. The first-order valence-corrected chi connectivity index (χ1v) is 6.49. The van der Waals surface area contributed by atoms with E-state index >= 15 is 0 Å². The Hall–Kier alpha value is -1.40. The molecule has 2 bridgehead atoms. The van der Waals surface area contributed by atoms with E-state index in [2.05, 4.69) is 24.8 Å². The van der Waals surface area contributed by atoms with Crippen molar-refractivity contribution < 1.29 is 9.72 Å². The molecule has 0 radical (unpaired) electrons. The van der Waals surface area contributed by atoms with Gasteiger partial charge in [-0.05, 0) is 24.4 Å². The summed E-state index contributed by atoms with van der Waals surface area (Å²) in [5, 5.41) is 0.277. The van der Waals surface area contributed by atoms with Crippen molar-refractivity contribution >= 4 is 28.6 Å². The summed E-state index contributed by atoms with van der Waals surface area (Å²) in [6.07, 6.45) is 4.05. The molecule has 2 aliphatic rings. The molecule has 4 rings (SSSR count). The lowest BCUT2D eigenvalue weighted by atomic mass is 10.2. The normalized spacial score (nSPS) is 27.1. The quantitative estimate of drug-likeness (QED) is 0.775. The van der Waals surface area contributed by atoms with Crippen LogP contribution in [-0.4, -0.2) is 40.2 Å². The van der Waals surface area contributed by atoms with Crippen LogP contribution in [0.2, 0.25) is 5.28 Å². The van der Waals surface area contributed by atoms with E-state index in [1.165, 1.54) is 0 Å². The van der Waals surface area contributed by atoms with Gasteiger partial charge in [0.15, 0.2) is 12.1 Å². The monoisotopic (exact) mass is 266 g/mol. The number of aromatic amines is 2. The van der Waals surface area contributed by atoms with Crippen LogP contribution in [0, 0.1) is 0 Å². The number of hydrogen-bond donors (Lipinski definition) is 1. The fourth-order valence-corrected chi connectivity index (χ4v) is 3.16. The van der Waals surface area contributed by atoms with E-state index in [1.54, 1.807) is 6.33 Å². The Bertz CT molecular complexity index is 584. The Morgan fingerprint density at radius 1 is 1.33 bits per heavy atom. The van der Waals surface area contributed by atoms with Crippen molar-refractivity contribution in [3.05, 3.63) is 11.6 Å². The topological polar surface area (TPSA) is 68.2 Å². The molecule has 18 heavy (non-hydrogen) atoms. The minimum Gasteiger partial charge on any atom is -0.377 e. The number of nitrogens with zero attached hydrogens (tertiary/aromatic N) is 3. The number of morpholine rings is 1. The van der Waals surface area contributed by atoms with Gasteiger partial charge < -0.3 is 9.64 Å². The summed E-state index contributed by atoms with van der Waals surface area (Å²) in [6.45, 7) is 1.54. The second-order valence-electron chi connectivity index (χ2n) is 4.80. The van der Waals surface area contributed by atoms with E-state index in [-0.39, 0.29) is 5.28 Å². The maximum atomic E-state index is 6.00. The molecular weight excluding hydrogens is 254 g/mol. The molecule has 0 saturated carbocycles. The molecule has 94 valence electrons. The summed E-state index contributed by atoms with van der Waals surface area (Å²) in [4.78, 5) is 17.1. The smallest absolute Gasteiger partial charge is 0.306 e. The lowest BCUT2D eigenvalue weighted by Crippen LogP contribution is -2.46. The number of rotatable bonds is 1. The molecular formula is C11H13ClN5O+. The zero-order valence-electron chi connectivity index (χ0n) is 9.69. The maximum absolute atomic E-state index is 6.00. The first-order chi connectivity index (χ1) is 8.83. The summed E-state index contributed by atoms with van der Waals surface area (Å²) < 4.78 is 5.60. The Labute approximate surface area is 108 Å². The molecule has 2 aromatic heterocycles. The van der Waals surface area contributed by atoms with Crippen molar-refractivity contribution in [2.45, 2.75) is 24.9 Å². The van der Waals surface area contributed by atoms with E-state index in [0.717, 1.165) is 43.0 Å². The van der Waals surface area contributed by atoms with Gasteiger partial charge in [-0.25, -0.2) is 4.98 Å². The molecule has 2 atom stereocenters. The summed E-state index contributed by atoms with van der Waals surface area (Å²) in [5.41, 5.74) is 1.66. The summed E-state index contributed by atoms with van der Waals surface area (Å²) in [5.74, 6) is 0.891. The number of H-pyrrole nitrogens is 2. The van der Waals surface area contributed by atoms with Crippen molar-refractivity contribution in [1.82, 2.24) is 15.0 Å². The number of ether oxygens (including phenoxy) is 1. The molecule has 0 aromatic carbocycles. The predicted molar refractivity (Wildman–Crippen MR) is 65.6 cm³/mol. The highest BCUT2D eigenvalue weighted by molar-refractivity contribution is 6.28. The van der Waals surface area contributed by atoms with Crippen LogP contribution in [0.3, 0.4) is 0 Å². The van der Waals surface area contributed by atoms with Gasteiger partial charge in [0.2, 0.25) is 5.52 Å². The number of anilines is 1. The van der Waals surface area contributed by atoms with Crippen LogP contribution in [0.25, 0.3) is 11.2 Å². The minimum atomic E-state index is 0.277. The van der Waals surface area contributed by atoms with Gasteiger partial charge in [0.05, 0.1) is 25.3 Å². The number of aromatic nitrogens is 4. The Balaban J connectivity index is 1.89. The zero-order chi connectivity index (χ0) is 12.1. The average Bonchev–Trinajstić information content (AvgIpc) is 2.91. The van der Waals surface area contributed by atoms with Crippen LogP contribution in [-0.2, 0) is 4.74 Å². The van der Waals surface area contributed by atoms with Gasteiger partial charge in [0.25, 0.3) is 0 Å². The van der Waals surface area contributed by atoms with Crippen LogP contribution in [0.1, 0.15) is 12.8 Å². The highest BCUT2D eigenvalue weighted by Gasteiger charge is 2.40. The second kappa shape index (κ2) is 3.80. The fourth-order valence-electron chi connectivity index (χ4n) is 3.00. The Morgan fingerprint density at radius 3 is 2.89 bits per heavy atom. The van der Waals surface area contributed by atoms with Gasteiger partial charge in [0.1, 0.15) is 0 Å². The van der Waals surface area contributed by atoms with Gasteiger partial charge in [-0.1, -0.05) is 4.98 Å². The van der Waals surface area contributed by atoms with E-state index in [1.807, 2.05) is 0 Å². The molecule has 2 unspecified atom stereocenters. The largest absolute Gasteiger partial charge is 0.377 e.